The Morgan fingerprint density at radius 3 is 2.77 bits per heavy atom. The van der Waals surface area contributed by atoms with Gasteiger partial charge in [-0.3, -0.25) is 10.00 Å². The lowest BCUT2D eigenvalue weighted by Gasteiger charge is -2.32. The average molecular weight is 437 g/mol. The van der Waals surface area contributed by atoms with Gasteiger partial charge in [-0.25, -0.2) is 4.68 Å². The fourth-order valence-electron chi connectivity index (χ4n) is 3.89. The second kappa shape index (κ2) is 8.30. The highest BCUT2D eigenvalue weighted by molar-refractivity contribution is 6.38. The topological polar surface area (TPSA) is 77.9 Å². The molecule has 3 heterocycles. The predicted octanol–water partition coefficient (Wildman–Crippen LogP) is 3.50. The van der Waals surface area contributed by atoms with Crippen LogP contribution in [0.15, 0.2) is 42.6 Å². The zero-order valence-electron chi connectivity index (χ0n) is 17.6. The third-order valence-electron chi connectivity index (χ3n) is 5.76. The lowest BCUT2D eigenvalue weighted by molar-refractivity contribution is 0.148. The molecule has 1 aliphatic heterocycles. The monoisotopic (exact) mass is 436 g/mol. The van der Waals surface area contributed by atoms with Crippen molar-refractivity contribution in [2.24, 2.45) is 7.05 Å². The fraction of sp³-hybridized carbons (Fsp3) is 0.318. The van der Waals surface area contributed by atoms with Crippen LogP contribution in [0, 0.1) is 0 Å². The van der Waals surface area contributed by atoms with Crippen molar-refractivity contribution >= 4 is 34.1 Å². The molecule has 1 aliphatic rings. The number of halogens is 1. The molecule has 8 nitrogen and oxygen atoms in total. The third-order valence-corrected chi connectivity index (χ3v) is 6.16. The van der Waals surface area contributed by atoms with Crippen LogP contribution in [0.1, 0.15) is 5.56 Å². The Kier molecular flexibility index (Phi) is 5.35. The van der Waals surface area contributed by atoms with E-state index in [4.69, 9.17) is 16.6 Å². The van der Waals surface area contributed by atoms with Crippen LogP contribution in [0.25, 0.3) is 22.3 Å². The van der Waals surface area contributed by atoms with E-state index < -0.39 is 0 Å². The van der Waals surface area contributed by atoms with Crippen molar-refractivity contribution in [2.75, 3.05) is 38.5 Å². The molecule has 1 saturated heterocycles. The highest BCUT2D eigenvalue weighted by atomic mass is 35.5. The highest BCUT2D eigenvalue weighted by Crippen LogP contribution is 2.32. The summed E-state index contributed by atoms with van der Waals surface area (Å²) >= 11 is 6.54. The zero-order chi connectivity index (χ0) is 21.4. The Morgan fingerprint density at radius 1 is 1.10 bits per heavy atom. The van der Waals surface area contributed by atoms with Crippen molar-refractivity contribution in [3.8, 4) is 11.4 Å². The van der Waals surface area contributed by atoms with Crippen LogP contribution in [0.5, 0.6) is 0 Å². The molecule has 0 spiro atoms. The standard InChI is InChI=1S/C22H25ClN8/c1-29-8-10-31(11-9-29)14-15-4-3-5-16(12-15)21-26-22(30(2)28-21)25-19-7-6-18-17(20(19)23)13-24-27-18/h3-7,12-13H,8-11,14H2,1-2H3,(H,24,27)(H,25,26,28). The van der Waals surface area contributed by atoms with Gasteiger partial charge in [0.2, 0.25) is 5.95 Å². The molecule has 2 N–H and O–H groups in total. The SMILES string of the molecule is CN1CCN(Cc2cccc(-c3nc(Nc4ccc5[nH]ncc5c4Cl)n(C)n3)c2)CC1. The van der Waals surface area contributed by atoms with Gasteiger partial charge in [0.25, 0.3) is 0 Å². The van der Waals surface area contributed by atoms with Crippen molar-refractivity contribution in [1.29, 1.82) is 0 Å². The number of aromatic nitrogens is 5. The largest absolute Gasteiger partial charge is 0.323 e. The molecule has 0 radical (unpaired) electrons. The van der Waals surface area contributed by atoms with Gasteiger partial charge in [0.1, 0.15) is 0 Å². The number of aromatic amines is 1. The highest BCUT2D eigenvalue weighted by Gasteiger charge is 2.16. The Hall–Kier alpha value is -2.94. The van der Waals surface area contributed by atoms with Gasteiger partial charge in [-0.2, -0.15) is 10.1 Å². The minimum absolute atomic E-state index is 0.602. The van der Waals surface area contributed by atoms with Crippen LogP contribution in [-0.2, 0) is 13.6 Å². The van der Waals surface area contributed by atoms with Crippen molar-refractivity contribution in [2.45, 2.75) is 6.54 Å². The van der Waals surface area contributed by atoms with Crippen LogP contribution in [0.3, 0.4) is 0 Å². The Balaban J connectivity index is 1.36. The van der Waals surface area contributed by atoms with E-state index in [2.05, 4.69) is 61.7 Å². The van der Waals surface area contributed by atoms with E-state index in [0.717, 1.165) is 54.9 Å². The molecular weight excluding hydrogens is 412 g/mol. The number of H-pyrrole nitrogens is 1. The number of nitrogens with one attached hydrogen (secondary N) is 2. The van der Waals surface area contributed by atoms with Crippen LogP contribution in [-0.4, -0.2) is 68.0 Å². The maximum atomic E-state index is 6.54. The van der Waals surface area contributed by atoms with E-state index in [1.807, 2.05) is 19.2 Å². The molecule has 1 fully saturated rings. The first-order valence-electron chi connectivity index (χ1n) is 10.4. The average Bonchev–Trinajstić information content (AvgIpc) is 3.39. The molecule has 0 amide bonds. The van der Waals surface area contributed by atoms with Crippen LogP contribution in [0.4, 0.5) is 11.6 Å². The van der Waals surface area contributed by atoms with E-state index in [1.54, 1.807) is 10.9 Å². The van der Waals surface area contributed by atoms with Crippen LogP contribution < -0.4 is 5.32 Å². The number of hydrogen-bond donors (Lipinski definition) is 2. The normalized spacial score (nSPS) is 15.6. The van der Waals surface area contributed by atoms with Gasteiger partial charge in [0.15, 0.2) is 5.82 Å². The number of nitrogens with zero attached hydrogens (tertiary/aromatic N) is 6. The van der Waals surface area contributed by atoms with Crippen molar-refractivity contribution in [3.05, 3.63) is 53.2 Å². The smallest absolute Gasteiger partial charge is 0.225 e. The number of benzene rings is 2. The molecule has 5 rings (SSSR count). The molecule has 0 aliphatic carbocycles. The lowest BCUT2D eigenvalue weighted by atomic mass is 10.1. The summed E-state index contributed by atoms with van der Waals surface area (Å²) in [6.07, 6.45) is 1.72. The van der Waals surface area contributed by atoms with E-state index in [1.165, 1.54) is 5.56 Å². The van der Waals surface area contributed by atoms with E-state index in [0.29, 0.717) is 16.8 Å². The first kappa shape index (κ1) is 20.0. The Labute approximate surface area is 185 Å². The van der Waals surface area contributed by atoms with Crippen LogP contribution in [0.2, 0.25) is 5.02 Å². The number of hydrogen-bond acceptors (Lipinski definition) is 6. The number of piperazine rings is 1. The molecule has 31 heavy (non-hydrogen) atoms. The minimum Gasteiger partial charge on any atom is -0.323 e. The lowest BCUT2D eigenvalue weighted by Crippen LogP contribution is -2.43. The number of aryl methyl sites for hydroxylation is 1. The first-order valence-corrected chi connectivity index (χ1v) is 10.7. The molecule has 9 heteroatoms. The molecule has 2 aromatic heterocycles. The fourth-order valence-corrected chi connectivity index (χ4v) is 4.15. The van der Waals surface area contributed by atoms with Gasteiger partial charge in [0, 0.05) is 50.7 Å². The van der Waals surface area contributed by atoms with Crippen molar-refractivity contribution in [3.63, 3.8) is 0 Å². The molecular formula is C22H25ClN8. The summed E-state index contributed by atoms with van der Waals surface area (Å²) in [5.74, 6) is 1.31. The summed E-state index contributed by atoms with van der Waals surface area (Å²) in [4.78, 5) is 9.58. The van der Waals surface area contributed by atoms with E-state index in [-0.39, 0.29) is 0 Å². The minimum atomic E-state index is 0.602. The van der Waals surface area contributed by atoms with Gasteiger partial charge in [-0.1, -0.05) is 29.8 Å². The second-order valence-corrected chi connectivity index (χ2v) is 8.42. The molecule has 0 atom stereocenters. The van der Waals surface area contributed by atoms with Gasteiger partial charge in [-0.05, 0) is 30.8 Å². The number of rotatable bonds is 5. The van der Waals surface area contributed by atoms with Crippen molar-refractivity contribution in [1.82, 2.24) is 34.8 Å². The number of fused-ring (bicyclic) bond motifs is 1. The van der Waals surface area contributed by atoms with Gasteiger partial charge < -0.3 is 10.2 Å². The van der Waals surface area contributed by atoms with E-state index in [9.17, 15) is 0 Å². The quantitative estimate of drug-likeness (QED) is 0.498. The summed E-state index contributed by atoms with van der Waals surface area (Å²) in [6.45, 7) is 5.37. The maximum absolute atomic E-state index is 6.54. The molecule has 0 saturated carbocycles. The summed E-state index contributed by atoms with van der Waals surface area (Å²) in [5, 5.41) is 16.4. The molecule has 4 aromatic rings. The van der Waals surface area contributed by atoms with Gasteiger partial charge in [0.05, 0.1) is 22.4 Å². The number of likely N-dealkylation sites (N-methyl/N-ethyl adjacent to an activating group) is 1. The molecule has 0 bridgehead atoms. The van der Waals surface area contributed by atoms with Crippen molar-refractivity contribution < 1.29 is 0 Å². The number of anilines is 2. The summed E-state index contributed by atoms with van der Waals surface area (Å²) < 4.78 is 1.73. The predicted molar refractivity (Wildman–Crippen MR) is 124 cm³/mol. The summed E-state index contributed by atoms with van der Waals surface area (Å²) in [6, 6.07) is 12.3. The van der Waals surface area contributed by atoms with Crippen LogP contribution >= 0.6 is 11.6 Å². The maximum Gasteiger partial charge on any atom is 0.225 e. The first-order chi connectivity index (χ1) is 15.1. The Bertz CT molecular complexity index is 1210. The molecule has 160 valence electrons. The zero-order valence-corrected chi connectivity index (χ0v) is 18.4. The van der Waals surface area contributed by atoms with Gasteiger partial charge >= 0.3 is 0 Å². The Morgan fingerprint density at radius 2 is 1.94 bits per heavy atom. The third kappa shape index (κ3) is 4.14. The summed E-state index contributed by atoms with van der Waals surface area (Å²) in [7, 11) is 4.05. The molecule has 0 unspecified atom stereocenters. The van der Waals surface area contributed by atoms with E-state index >= 15 is 0 Å². The molecule has 2 aromatic carbocycles. The second-order valence-electron chi connectivity index (χ2n) is 8.05. The summed E-state index contributed by atoms with van der Waals surface area (Å²) in [5.41, 5.74) is 3.94. The van der Waals surface area contributed by atoms with Gasteiger partial charge in [-0.15, -0.1) is 5.10 Å².